The molecule has 1 aromatic heterocycles. The average molecular weight is 274 g/mol. The van der Waals surface area contributed by atoms with Gasteiger partial charge in [-0.05, 0) is 48.0 Å². The maximum Gasteiger partial charge on any atom is 0.251 e. The number of rotatable bonds is 1. The Morgan fingerprint density at radius 3 is 2.74 bits per heavy atom. The van der Waals surface area contributed by atoms with Gasteiger partial charge < -0.3 is 5.21 Å². The largest absolute Gasteiger partial charge is 0.692 e. The van der Waals surface area contributed by atoms with E-state index in [9.17, 15) is 5.21 Å². The predicted molar refractivity (Wildman–Crippen MR) is 74.5 cm³/mol. The maximum absolute atomic E-state index is 12.3. The molecule has 0 unspecified atom stereocenters. The standard InChI is InChI=1S/C14H12ClN3O/c1-9-3-4-10(2)14(7-9)17-16-12-8-11(15)5-6-13(12)18(17)19/h3-8H,1-2H3. The maximum atomic E-state index is 12.3. The molecule has 0 radical (unpaired) electrons. The summed E-state index contributed by atoms with van der Waals surface area (Å²) in [6.45, 7) is 3.94. The molecule has 3 rings (SSSR count). The highest BCUT2D eigenvalue weighted by Gasteiger charge is 2.17. The van der Waals surface area contributed by atoms with Crippen LogP contribution < -0.4 is 4.85 Å². The summed E-state index contributed by atoms with van der Waals surface area (Å²) in [5.41, 5.74) is 3.95. The first kappa shape index (κ1) is 12.0. The summed E-state index contributed by atoms with van der Waals surface area (Å²) < 4.78 is 0. The van der Waals surface area contributed by atoms with Crippen LogP contribution in [0.15, 0.2) is 36.4 Å². The van der Waals surface area contributed by atoms with Gasteiger partial charge in [0.05, 0.1) is 5.10 Å². The van der Waals surface area contributed by atoms with E-state index in [0.717, 1.165) is 21.7 Å². The van der Waals surface area contributed by atoms with E-state index >= 15 is 0 Å². The lowest BCUT2D eigenvalue weighted by molar-refractivity contribution is -0.664. The zero-order valence-electron chi connectivity index (χ0n) is 10.6. The normalized spacial score (nSPS) is 11.1. The predicted octanol–water partition coefficient (Wildman–Crippen LogP) is 2.93. The van der Waals surface area contributed by atoms with Crippen molar-refractivity contribution in [3.8, 4) is 5.69 Å². The van der Waals surface area contributed by atoms with Gasteiger partial charge in [-0.3, -0.25) is 0 Å². The van der Waals surface area contributed by atoms with Crippen molar-refractivity contribution >= 4 is 22.6 Å². The lowest BCUT2D eigenvalue weighted by Gasteiger charge is -2.07. The third kappa shape index (κ3) is 1.94. The second kappa shape index (κ2) is 4.24. The van der Waals surface area contributed by atoms with E-state index in [0.29, 0.717) is 16.1 Å². The highest BCUT2D eigenvalue weighted by atomic mass is 35.5. The van der Waals surface area contributed by atoms with Crippen LogP contribution in [0.25, 0.3) is 16.7 Å². The molecule has 1 heterocycles. The summed E-state index contributed by atoms with van der Waals surface area (Å²) >= 11 is 5.92. The molecule has 0 aliphatic rings. The number of halogens is 1. The van der Waals surface area contributed by atoms with Gasteiger partial charge in [-0.1, -0.05) is 23.7 Å². The summed E-state index contributed by atoms with van der Waals surface area (Å²) in [5.74, 6) is 0. The number of benzene rings is 2. The molecule has 3 aromatic rings. The Bertz CT molecular complexity index is 780. The summed E-state index contributed by atoms with van der Waals surface area (Å²) in [4.78, 5) is 2.15. The summed E-state index contributed by atoms with van der Waals surface area (Å²) in [5, 5.41) is 17.2. The van der Waals surface area contributed by atoms with E-state index in [1.54, 1.807) is 18.2 Å². The minimum Gasteiger partial charge on any atom is -0.692 e. The van der Waals surface area contributed by atoms with Gasteiger partial charge in [-0.15, -0.1) is 4.85 Å². The molecule has 0 saturated heterocycles. The SMILES string of the molecule is Cc1ccc(C)c(-n2nc3cc(Cl)ccc3[n+]2[O-])c1. The molecule has 0 bridgehead atoms. The van der Waals surface area contributed by atoms with E-state index in [1.165, 1.54) is 4.80 Å². The van der Waals surface area contributed by atoms with Gasteiger partial charge in [0.2, 0.25) is 5.52 Å². The highest BCUT2D eigenvalue weighted by molar-refractivity contribution is 6.31. The van der Waals surface area contributed by atoms with Crippen molar-refractivity contribution in [3.63, 3.8) is 0 Å². The molecule has 0 N–H and O–H groups in total. The number of hydrogen-bond donors (Lipinski definition) is 0. The number of hydrogen-bond acceptors (Lipinski definition) is 2. The van der Waals surface area contributed by atoms with Crippen LogP contribution in [-0.2, 0) is 0 Å². The molecule has 0 spiro atoms. The van der Waals surface area contributed by atoms with Crippen LogP contribution in [-0.4, -0.2) is 9.90 Å². The number of fused-ring (bicyclic) bond motifs is 1. The van der Waals surface area contributed by atoms with E-state index in [-0.39, 0.29) is 0 Å². The van der Waals surface area contributed by atoms with E-state index in [1.807, 2.05) is 32.0 Å². The molecule has 0 aliphatic heterocycles. The fraction of sp³-hybridized carbons (Fsp3) is 0.143. The Kier molecular flexibility index (Phi) is 2.68. The van der Waals surface area contributed by atoms with Crippen molar-refractivity contribution in [2.45, 2.75) is 13.8 Å². The number of aromatic nitrogens is 3. The second-order valence-electron chi connectivity index (χ2n) is 4.59. The molecule has 0 saturated carbocycles. The van der Waals surface area contributed by atoms with Crippen LogP contribution in [0, 0.1) is 19.1 Å². The fourth-order valence-corrected chi connectivity index (χ4v) is 2.24. The Morgan fingerprint density at radius 1 is 1.16 bits per heavy atom. The molecular formula is C14H12ClN3O. The lowest BCUT2D eigenvalue weighted by atomic mass is 10.1. The first-order valence-electron chi connectivity index (χ1n) is 5.92. The van der Waals surface area contributed by atoms with Gasteiger partial charge in [-0.25, -0.2) is 0 Å². The van der Waals surface area contributed by atoms with Gasteiger partial charge in [-0.2, -0.15) is 0 Å². The second-order valence-corrected chi connectivity index (χ2v) is 5.02. The number of nitrogens with zero attached hydrogens (tertiary/aromatic N) is 3. The monoisotopic (exact) mass is 273 g/mol. The zero-order valence-corrected chi connectivity index (χ0v) is 11.3. The summed E-state index contributed by atoms with van der Waals surface area (Å²) in [7, 11) is 0. The van der Waals surface area contributed by atoms with Crippen LogP contribution in [0.5, 0.6) is 0 Å². The molecule has 0 fully saturated rings. The molecule has 0 atom stereocenters. The molecule has 0 amide bonds. The van der Waals surface area contributed by atoms with Gasteiger partial charge in [0.1, 0.15) is 5.69 Å². The van der Waals surface area contributed by atoms with Gasteiger partial charge in [0.15, 0.2) is 0 Å². The minimum absolute atomic E-state index is 0.505. The first-order valence-corrected chi connectivity index (χ1v) is 6.30. The molecule has 2 aromatic carbocycles. The van der Waals surface area contributed by atoms with Crippen LogP contribution >= 0.6 is 11.6 Å². The Balaban J connectivity index is 2.30. The lowest BCUT2D eigenvalue weighted by Crippen LogP contribution is -2.37. The Hall–Kier alpha value is -2.07. The Morgan fingerprint density at radius 2 is 1.95 bits per heavy atom. The van der Waals surface area contributed by atoms with Gasteiger partial charge in [0, 0.05) is 11.1 Å². The minimum atomic E-state index is 0.505. The quantitative estimate of drug-likeness (QED) is 0.505. The highest BCUT2D eigenvalue weighted by Crippen LogP contribution is 2.18. The van der Waals surface area contributed by atoms with Crippen LogP contribution in [0.2, 0.25) is 5.02 Å². The van der Waals surface area contributed by atoms with Crippen LogP contribution in [0.4, 0.5) is 0 Å². The molecule has 96 valence electrons. The van der Waals surface area contributed by atoms with Gasteiger partial charge >= 0.3 is 0 Å². The van der Waals surface area contributed by atoms with Gasteiger partial charge in [0.25, 0.3) is 5.52 Å². The van der Waals surface area contributed by atoms with E-state index < -0.39 is 0 Å². The van der Waals surface area contributed by atoms with Crippen molar-refractivity contribution in [2.24, 2.45) is 0 Å². The molecular weight excluding hydrogens is 262 g/mol. The topological polar surface area (TPSA) is 44.8 Å². The first-order chi connectivity index (χ1) is 9.06. The van der Waals surface area contributed by atoms with Crippen molar-refractivity contribution in [1.29, 1.82) is 0 Å². The zero-order chi connectivity index (χ0) is 13.6. The summed E-state index contributed by atoms with van der Waals surface area (Å²) in [6.07, 6.45) is 0. The van der Waals surface area contributed by atoms with Crippen molar-refractivity contribution in [3.05, 3.63) is 57.8 Å². The molecule has 19 heavy (non-hydrogen) atoms. The molecule has 5 heteroatoms. The molecule has 0 aliphatic carbocycles. The van der Waals surface area contributed by atoms with Crippen LogP contribution in [0.3, 0.4) is 0 Å². The third-order valence-electron chi connectivity index (χ3n) is 3.10. The smallest absolute Gasteiger partial charge is 0.251 e. The van der Waals surface area contributed by atoms with E-state index in [2.05, 4.69) is 5.10 Å². The number of aryl methyl sites for hydroxylation is 2. The van der Waals surface area contributed by atoms with Crippen molar-refractivity contribution in [1.82, 2.24) is 9.90 Å². The third-order valence-corrected chi connectivity index (χ3v) is 3.33. The Labute approximate surface area is 115 Å². The fourth-order valence-electron chi connectivity index (χ4n) is 2.07. The van der Waals surface area contributed by atoms with Crippen molar-refractivity contribution < 1.29 is 4.85 Å². The average Bonchev–Trinajstić information content (AvgIpc) is 2.69. The van der Waals surface area contributed by atoms with Crippen molar-refractivity contribution in [2.75, 3.05) is 0 Å². The van der Waals surface area contributed by atoms with Crippen LogP contribution in [0.1, 0.15) is 11.1 Å². The molecule has 4 nitrogen and oxygen atoms in total. The van der Waals surface area contributed by atoms with E-state index in [4.69, 9.17) is 11.6 Å². The summed E-state index contributed by atoms with van der Waals surface area (Å²) in [6, 6.07) is 11.0.